The molecule has 2 fully saturated rings. The van der Waals surface area contributed by atoms with E-state index >= 15 is 0 Å². The zero-order valence-electron chi connectivity index (χ0n) is 18.5. The molecule has 1 saturated heterocycles. The molecule has 0 unspecified atom stereocenters. The van der Waals surface area contributed by atoms with E-state index in [9.17, 15) is 21.6 Å². The van der Waals surface area contributed by atoms with Crippen molar-refractivity contribution in [2.24, 2.45) is 11.8 Å². The Morgan fingerprint density at radius 1 is 1.06 bits per heavy atom. The first-order valence-electron chi connectivity index (χ1n) is 11.4. The van der Waals surface area contributed by atoms with Crippen molar-refractivity contribution in [1.82, 2.24) is 24.2 Å². The lowest BCUT2D eigenvalue weighted by molar-refractivity contribution is -0.136. The van der Waals surface area contributed by atoms with Crippen LogP contribution in [0.4, 0.5) is 13.2 Å². The molecule has 1 spiro atoms. The molecule has 35 heavy (non-hydrogen) atoms. The smallest absolute Gasteiger partial charge is 0.254 e. The Morgan fingerprint density at radius 2 is 1.80 bits per heavy atom. The van der Waals surface area contributed by atoms with E-state index < -0.39 is 28.5 Å². The molecule has 3 aromatic rings. The standard InChI is InChI=1S/C23H22F3N5O2S2/c24-23(25,26)13-31-12-22(30-35(31,32)33)17-6-7-18(22)11-16-9-15(5-4-14(16)10-17)20-28-29-21(34-20)19-3-1-2-8-27-19/h1-5,8-9,17-18,30H,6-7,10-13H2/t17-,18+,22+/m0/s1. The van der Waals surface area contributed by atoms with Crippen LogP contribution in [0.3, 0.4) is 0 Å². The van der Waals surface area contributed by atoms with Crippen molar-refractivity contribution in [3.8, 4) is 21.3 Å². The van der Waals surface area contributed by atoms with Gasteiger partial charge in [-0.2, -0.15) is 30.6 Å². The van der Waals surface area contributed by atoms with Gasteiger partial charge in [0.05, 0.1) is 5.54 Å². The van der Waals surface area contributed by atoms with Gasteiger partial charge in [-0.05, 0) is 66.8 Å². The third-order valence-corrected chi connectivity index (χ3v) is 10.0. The van der Waals surface area contributed by atoms with Gasteiger partial charge in [0.15, 0.2) is 5.01 Å². The molecular weight excluding hydrogens is 499 g/mol. The minimum absolute atomic E-state index is 0.0510. The van der Waals surface area contributed by atoms with Crippen molar-refractivity contribution in [2.45, 2.75) is 37.4 Å². The van der Waals surface area contributed by atoms with Crippen molar-refractivity contribution in [1.29, 1.82) is 0 Å². The van der Waals surface area contributed by atoms with Gasteiger partial charge in [0, 0.05) is 18.3 Å². The van der Waals surface area contributed by atoms with E-state index in [2.05, 4.69) is 26.0 Å². The molecule has 0 radical (unpaired) electrons. The molecule has 1 aromatic carbocycles. The monoisotopic (exact) mass is 521 g/mol. The molecule has 2 bridgehead atoms. The van der Waals surface area contributed by atoms with E-state index in [1.165, 1.54) is 11.3 Å². The molecule has 1 saturated carbocycles. The fraction of sp³-hybridized carbons (Fsp3) is 0.435. The summed E-state index contributed by atoms with van der Waals surface area (Å²) < 4.78 is 67.8. The molecule has 12 heteroatoms. The van der Waals surface area contributed by atoms with E-state index in [0.717, 1.165) is 45.2 Å². The molecule has 184 valence electrons. The Bertz CT molecular complexity index is 1380. The van der Waals surface area contributed by atoms with Crippen LogP contribution in [0, 0.1) is 11.8 Å². The number of halogens is 3. The highest BCUT2D eigenvalue weighted by Crippen LogP contribution is 2.51. The number of alkyl halides is 3. The van der Waals surface area contributed by atoms with Gasteiger partial charge in [-0.15, -0.1) is 10.2 Å². The highest BCUT2D eigenvalue weighted by Gasteiger charge is 2.60. The number of hydrogen-bond donors (Lipinski definition) is 1. The summed E-state index contributed by atoms with van der Waals surface area (Å²) in [5.74, 6) is -0.125. The molecule has 0 amide bonds. The van der Waals surface area contributed by atoms with E-state index in [4.69, 9.17) is 0 Å². The fourth-order valence-electron chi connectivity index (χ4n) is 5.91. The van der Waals surface area contributed by atoms with Crippen LogP contribution in [0.15, 0.2) is 42.6 Å². The summed E-state index contributed by atoms with van der Waals surface area (Å²) >= 11 is 1.44. The van der Waals surface area contributed by atoms with Gasteiger partial charge in [0.25, 0.3) is 10.2 Å². The average Bonchev–Trinajstić information content (AvgIpc) is 3.43. The molecule has 6 rings (SSSR count). The van der Waals surface area contributed by atoms with Crippen LogP contribution in [-0.4, -0.2) is 52.7 Å². The Labute approximate surface area is 204 Å². The molecule has 3 aliphatic rings. The largest absolute Gasteiger partial charge is 0.402 e. The summed E-state index contributed by atoms with van der Waals surface area (Å²) in [5.41, 5.74) is 3.00. The predicted octanol–water partition coefficient (Wildman–Crippen LogP) is 3.84. The number of aromatic nitrogens is 3. The van der Waals surface area contributed by atoms with Crippen molar-refractivity contribution in [2.75, 3.05) is 13.1 Å². The lowest BCUT2D eigenvalue weighted by Gasteiger charge is -2.33. The molecule has 1 aliphatic heterocycles. The molecule has 2 aromatic heterocycles. The summed E-state index contributed by atoms with van der Waals surface area (Å²) in [6, 6.07) is 11.7. The SMILES string of the molecule is O=S1(=O)N[C@@]2(CN1CC(F)(F)F)[C@@H]1CC[C@H]2Cc2ccc(-c3nnc(-c4ccccn4)s3)cc2C1. The van der Waals surface area contributed by atoms with Crippen molar-refractivity contribution in [3.05, 3.63) is 53.7 Å². The van der Waals surface area contributed by atoms with E-state index in [0.29, 0.717) is 17.1 Å². The van der Waals surface area contributed by atoms with Gasteiger partial charge in [0.1, 0.15) is 17.2 Å². The van der Waals surface area contributed by atoms with Gasteiger partial charge >= 0.3 is 6.18 Å². The lowest BCUT2D eigenvalue weighted by atomic mass is 9.79. The lowest BCUT2D eigenvalue weighted by Crippen LogP contribution is -2.52. The fourth-order valence-corrected chi connectivity index (χ4v) is 8.43. The maximum absolute atomic E-state index is 13.1. The highest BCUT2D eigenvalue weighted by molar-refractivity contribution is 7.87. The summed E-state index contributed by atoms with van der Waals surface area (Å²) in [7, 11) is -4.19. The van der Waals surface area contributed by atoms with Crippen LogP contribution >= 0.6 is 11.3 Å². The topological polar surface area (TPSA) is 88.1 Å². The first-order valence-corrected chi connectivity index (χ1v) is 13.6. The van der Waals surface area contributed by atoms with Gasteiger partial charge in [-0.25, -0.2) is 0 Å². The summed E-state index contributed by atoms with van der Waals surface area (Å²) in [6.45, 7) is -1.61. The summed E-state index contributed by atoms with van der Waals surface area (Å²) in [6.07, 6.45) is -0.0796. The Hall–Kier alpha value is -2.41. The maximum Gasteiger partial charge on any atom is 0.402 e. The normalized spacial score (nSPS) is 27.7. The second-order valence-electron chi connectivity index (χ2n) is 9.52. The number of nitrogens with zero attached hydrogens (tertiary/aromatic N) is 4. The molecular formula is C23H22F3N5O2S2. The van der Waals surface area contributed by atoms with Gasteiger partial charge in [-0.3, -0.25) is 4.98 Å². The van der Waals surface area contributed by atoms with E-state index in [1.807, 2.05) is 30.3 Å². The van der Waals surface area contributed by atoms with Crippen LogP contribution < -0.4 is 4.72 Å². The molecule has 2 aliphatic carbocycles. The molecule has 1 N–H and O–H groups in total. The third kappa shape index (κ3) is 4.05. The van der Waals surface area contributed by atoms with Crippen LogP contribution in [0.1, 0.15) is 24.0 Å². The summed E-state index contributed by atoms with van der Waals surface area (Å²) in [5, 5.41) is 10.1. The molecule has 3 atom stereocenters. The highest BCUT2D eigenvalue weighted by atomic mass is 32.2. The van der Waals surface area contributed by atoms with Crippen molar-refractivity contribution < 1.29 is 21.6 Å². The number of hydrogen-bond acceptors (Lipinski definition) is 6. The molecule has 7 nitrogen and oxygen atoms in total. The Kier molecular flexibility index (Phi) is 5.30. The first-order chi connectivity index (χ1) is 16.6. The molecule has 3 heterocycles. The third-order valence-electron chi connectivity index (χ3n) is 7.47. The number of nitrogens with one attached hydrogen (secondary N) is 1. The average molecular weight is 522 g/mol. The quantitative estimate of drug-likeness (QED) is 0.566. The first kappa shape index (κ1) is 23.0. The Balaban J connectivity index is 1.30. The summed E-state index contributed by atoms with van der Waals surface area (Å²) in [4.78, 5) is 4.32. The number of fused-ring (bicyclic) bond motifs is 1. The van der Waals surface area contributed by atoms with Gasteiger partial charge in [-0.1, -0.05) is 29.5 Å². The van der Waals surface area contributed by atoms with Crippen molar-refractivity contribution in [3.63, 3.8) is 0 Å². The predicted molar refractivity (Wildman–Crippen MR) is 125 cm³/mol. The number of benzene rings is 1. The number of pyridine rings is 1. The van der Waals surface area contributed by atoms with Crippen LogP contribution in [-0.2, 0) is 23.1 Å². The zero-order valence-corrected chi connectivity index (χ0v) is 20.1. The van der Waals surface area contributed by atoms with E-state index in [-0.39, 0.29) is 18.4 Å². The van der Waals surface area contributed by atoms with Crippen molar-refractivity contribution >= 4 is 21.5 Å². The Morgan fingerprint density at radius 3 is 2.51 bits per heavy atom. The second-order valence-corrected chi connectivity index (χ2v) is 12.2. The van der Waals surface area contributed by atoms with Gasteiger partial charge in [0.2, 0.25) is 0 Å². The van der Waals surface area contributed by atoms with Crippen LogP contribution in [0.25, 0.3) is 21.3 Å². The maximum atomic E-state index is 13.1. The second kappa shape index (κ2) is 8.05. The van der Waals surface area contributed by atoms with Gasteiger partial charge < -0.3 is 0 Å². The van der Waals surface area contributed by atoms with Crippen LogP contribution in [0.5, 0.6) is 0 Å². The zero-order chi connectivity index (χ0) is 24.4. The van der Waals surface area contributed by atoms with E-state index in [1.54, 1.807) is 6.20 Å². The van der Waals surface area contributed by atoms with Crippen LogP contribution in [0.2, 0.25) is 0 Å². The minimum Gasteiger partial charge on any atom is -0.254 e. The minimum atomic E-state index is -4.59. The number of rotatable bonds is 3.